The lowest BCUT2D eigenvalue weighted by Gasteiger charge is -2.10. The zero-order valence-electron chi connectivity index (χ0n) is 13.7. The molecule has 3 aromatic rings. The van der Waals surface area contributed by atoms with E-state index < -0.39 is 0 Å². The third-order valence-electron chi connectivity index (χ3n) is 4.54. The summed E-state index contributed by atoms with van der Waals surface area (Å²) in [5.41, 5.74) is 5.86. The van der Waals surface area contributed by atoms with Crippen LogP contribution in [0.15, 0.2) is 42.7 Å². The number of hydrogen-bond donors (Lipinski definition) is 2. The molecule has 4 rings (SSSR count). The maximum Gasteiger partial charge on any atom is 0.274 e. The Kier molecular flexibility index (Phi) is 3.78. The number of anilines is 1. The van der Waals surface area contributed by atoms with E-state index in [-0.39, 0.29) is 5.91 Å². The first-order chi connectivity index (χ1) is 11.7. The summed E-state index contributed by atoms with van der Waals surface area (Å²) in [5, 5.41) is 6.41. The molecule has 122 valence electrons. The van der Waals surface area contributed by atoms with Crippen molar-refractivity contribution in [2.45, 2.75) is 26.3 Å². The van der Waals surface area contributed by atoms with Gasteiger partial charge in [-0.05, 0) is 61.2 Å². The van der Waals surface area contributed by atoms with Crippen LogP contribution in [0.5, 0.6) is 0 Å². The lowest BCUT2D eigenvalue weighted by Crippen LogP contribution is -2.15. The summed E-state index contributed by atoms with van der Waals surface area (Å²) >= 11 is 0. The summed E-state index contributed by atoms with van der Waals surface area (Å²) in [6.45, 7) is 3.88. The summed E-state index contributed by atoms with van der Waals surface area (Å²) in [5.74, 6) is -0.144. The monoisotopic (exact) mass is 320 g/mol. The van der Waals surface area contributed by atoms with Gasteiger partial charge in [0.15, 0.2) is 0 Å². The molecule has 0 saturated heterocycles. The number of carbonyl (C=O) groups is 1. The van der Waals surface area contributed by atoms with Crippen molar-refractivity contribution >= 4 is 17.2 Å². The molecular formula is C19H20N4O. The minimum absolute atomic E-state index is 0.144. The van der Waals surface area contributed by atoms with Crippen molar-refractivity contribution in [1.82, 2.24) is 14.7 Å². The molecule has 0 saturated carbocycles. The molecule has 0 fully saturated rings. The molecule has 1 aromatic carbocycles. The lowest BCUT2D eigenvalue weighted by atomic mass is 10.0. The van der Waals surface area contributed by atoms with E-state index in [1.807, 2.05) is 35.7 Å². The number of aryl methyl sites for hydroxylation is 2. The van der Waals surface area contributed by atoms with E-state index >= 15 is 0 Å². The van der Waals surface area contributed by atoms with Crippen molar-refractivity contribution in [1.29, 1.82) is 0 Å². The SMILES string of the molecule is Cc1cccn2c(C(=O)Nc3ccc4c(c3)CNCCC4)cnc12. The highest BCUT2D eigenvalue weighted by Gasteiger charge is 2.14. The Morgan fingerprint density at radius 1 is 1.29 bits per heavy atom. The van der Waals surface area contributed by atoms with Crippen molar-refractivity contribution in [2.75, 3.05) is 11.9 Å². The number of carbonyl (C=O) groups excluding carboxylic acids is 1. The van der Waals surface area contributed by atoms with Crippen molar-refractivity contribution in [3.8, 4) is 0 Å². The zero-order valence-corrected chi connectivity index (χ0v) is 13.7. The quantitative estimate of drug-likeness (QED) is 0.763. The second-order valence-electron chi connectivity index (χ2n) is 6.25. The van der Waals surface area contributed by atoms with Crippen molar-refractivity contribution in [2.24, 2.45) is 0 Å². The van der Waals surface area contributed by atoms with E-state index in [1.54, 1.807) is 6.20 Å². The Hall–Kier alpha value is -2.66. The van der Waals surface area contributed by atoms with Gasteiger partial charge in [-0.3, -0.25) is 9.20 Å². The van der Waals surface area contributed by atoms with Gasteiger partial charge in [-0.1, -0.05) is 12.1 Å². The van der Waals surface area contributed by atoms with Crippen LogP contribution >= 0.6 is 0 Å². The molecule has 24 heavy (non-hydrogen) atoms. The zero-order chi connectivity index (χ0) is 16.5. The molecule has 0 spiro atoms. The second kappa shape index (κ2) is 6.09. The maximum atomic E-state index is 12.6. The third kappa shape index (κ3) is 2.67. The number of rotatable bonds is 2. The van der Waals surface area contributed by atoms with Crippen LogP contribution in [0.25, 0.3) is 5.65 Å². The van der Waals surface area contributed by atoms with Gasteiger partial charge in [-0.2, -0.15) is 0 Å². The lowest BCUT2D eigenvalue weighted by molar-refractivity contribution is 0.102. The fourth-order valence-corrected chi connectivity index (χ4v) is 3.25. The molecule has 1 aliphatic rings. The number of nitrogens with one attached hydrogen (secondary N) is 2. The number of amides is 1. The molecule has 5 heteroatoms. The highest BCUT2D eigenvalue weighted by atomic mass is 16.1. The van der Waals surface area contributed by atoms with Gasteiger partial charge in [-0.25, -0.2) is 4.98 Å². The minimum atomic E-state index is -0.144. The van der Waals surface area contributed by atoms with Crippen LogP contribution in [-0.2, 0) is 13.0 Å². The molecule has 0 unspecified atom stereocenters. The van der Waals surface area contributed by atoms with Gasteiger partial charge >= 0.3 is 0 Å². The Labute approximate surface area is 140 Å². The highest BCUT2D eigenvalue weighted by molar-refractivity contribution is 6.03. The Balaban J connectivity index is 1.62. The van der Waals surface area contributed by atoms with Gasteiger partial charge in [0.1, 0.15) is 11.3 Å². The largest absolute Gasteiger partial charge is 0.321 e. The number of benzene rings is 1. The fraction of sp³-hybridized carbons (Fsp3) is 0.263. The number of pyridine rings is 1. The molecule has 0 atom stereocenters. The molecule has 3 heterocycles. The number of imidazole rings is 1. The van der Waals surface area contributed by atoms with E-state index in [2.05, 4.69) is 27.8 Å². The molecule has 2 aromatic heterocycles. The van der Waals surface area contributed by atoms with E-state index in [0.29, 0.717) is 5.69 Å². The Morgan fingerprint density at radius 2 is 2.21 bits per heavy atom. The summed E-state index contributed by atoms with van der Waals surface area (Å²) in [6.07, 6.45) is 5.73. The average Bonchev–Trinajstić information content (AvgIpc) is 2.88. The van der Waals surface area contributed by atoms with Crippen LogP contribution in [-0.4, -0.2) is 21.8 Å². The van der Waals surface area contributed by atoms with E-state index in [9.17, 15) is 4.79 Å². The molecule has 5 nitrogen and oxygen atoms in total. The Morgan fingerprint density at radius 3 is 3.12 bits per heavy atom. The van der Waals surface area contributed by atoms with Gasteiger partial charge in [0.25, 0.3) is 5.91 Å². The first kappa shape index (κ1) is 14.9. The van der Waals surface area contributed by atoms with Gasteiger partial charge in [-0.15, -0.1) is 0 Å². The van der Waals surface area contributed by atoms with Gasteiger partial charge < -0.3 is 10.6 Å². The molecule has 0 radical (unpaired) electrons. The number of hydrogen-bond acceptors (Lipinski definition) is 3. The van der Waals surface area contributed by atoms with Gasteiger partial charge in [0.05, 0.1) is 6.20 Å². The van der Waals surface area contributed by atoms with Crippen LogP contribution in [0, 0.1) is 6.92 Å². The first-order valence-corrected chi connectivity index (χ1v) is 8.29. The summed E-state index contributed by atoms with van der Waals surface area (Å²) in [6, 6.07) is 10.1. The predicted molar refractivity (Wildman–Crippen MR) is 94.4 cm³/mol. The molecule has 0 aliphatic carbocycles. The fourth-order valence-electron chi connectivity index (χ4n) is 3.25. The van der Waals surface area contributed by atoms with Crippen LogP contribution in [0.4, 0.5) is 5.69 Å². The third-order valence-corrected chi connectivity index (χ3v) is 4.54. The molecule has 0 bridgehead atoms. The topological polar surface area (TPSA) is 58.4 Å². The maximum absolute atomic E-state index is 12.6. The minimum Gasteiger partial charge on any atom is -0.321 e. The predicted octanol–water partition coefficient (Wildman–Crippen LogP) is 2.93. The number of aromatic nitrogens is 2. The molecule has 2 N–H and O–H groups in total. The molecular weight excluding hydrogens is 300 g/mol. The molecule has 1 aliphatic heterocycles. The van der Waals surface area contributed by atoms with Crippen LogP contribution < -0.4 is 10.6 Å². The van der Waals surface area contributed by atoms with Crippen molar-refractivity contribution in [3.63, 3.8) is 0 Å². The molecule has 1 amide bonds. The van der Waals surface area contributed by atoms with Crippen molar-refractivity contribution < 1.29 is 4.79 Å². The van der Waals surface area contributed by atoms with Gasteiger partial charge in [0, 0.05) is 18.4 Å². The highest BCUT2D eigenvalue weighted by Crippen LogP contribution is 2.20. The smallest absolute Gasteiger partial charge is 0.274 e. The number of fused-ring (bicyclic) bond motifs is 2. The van der Waals surface area contributed by atoms with Crippen LogP contribution in [0.3, 0.4) is 0 Å². The normalized spacial score (nSPS) is 14.2. The Bertz CT molecular complexity index is 913. The van der Waals surface area contributed by atoms with E-state index in [1.165, 1.54) is 11.1 Å². The van der Waals surface area contributed by atoms with Crippen LogP contribution in [0.1, 0.15) is 33.6 Å². The van der Waals surface area contributed by atoms with E-state index in [0.717, 1.165) is 42.8 Å². The second-order valence-corrected chi connectivity index (χ2v) is 6.25. The first-order valence-electron chi connectivity index (χ1n) is 8.29. The van der Waals surface area contributed by atoms with Crippen LogP contribution in [0.2, 0.25) is 0 Å². The summed E-state index contributed by atoms with van der Waals surface area (Å²) in [4.78, 5) is 17.0. The summed E-state index contributed by atoms with van der Waals surface area (Å²) in [7, 11) is 0. The summed E-state index contributed by atoms with van der Waals surface area (Å²) < 4.78 is 1.83. The van der Waals surface area contributed by atoms with Crippen molar-refractivity contribution in [3.05, 3.63) is 65.1 Å². The standard InChI is InChI=1S/C19H20N4O/c1-13-4-3-9-23-17(12-21-18(13)23)19(24)22-16-7-6-14-5-2-8-20-11-15(14)10-16/h3-4,6-7,9-10,12,20H,2,5,8,11H2,1H3,(H,22,24). The number of nitrogens with zero attached hydrogens (tertiary/aromatic N) is 2. The van der Waals surface area contributed by atoms with E-state index in [4.69, 9.17) is 0 Å². The average molecular weight is 320 g/mol. The van der Waals surface area contributed by atoms with Gasteiger partial charge in [0.2, 0.25) is 0 Å².